The molecule has 0 bridgehead atoms. The Bertz CT molecular complexity index is 946. The van der Waals surface area contributed by atoms with Gasteiger partial charge in [0.2, 0.25) is 11.8 Å². The van der Waals surface area contributed by atoms with Gasteiger partial charge in [-0.3, -0.25) is 19.2 Å². The van der Waals surface area contributed by atoms with Crippen molar-refractivity contribution in [2.24, 2.45) is 13.0 Å². The first-order chi connectivity index (χ1) is 14.9. The molecule has 3 heterocycles. The molecule has 31 heavy (non-hydrogen) atoms. The Balaban J connectivity index is 1.56. The van der Waals surface area contributed by atoms with Gasteiger partial charge >= 0.3 is 5.97 Å². The number of hydrogen-bond donors (Lipinski definition) is 2. The van der Waals surface area contributed by atoms with Gasteiger partial charge in [-0.05, 0) is 38.4 Å². The molecule has 2 aromatic rings. The Kier molecular flexibility index (Phi) is 7.59. The first-order valence-electron chi connectivity index (χ1n) is 10.0. The van der Waals surface area contributed by atoms with Crippen molar-refractivity contribution in [3.05, 3.63) is 35.1 Å². The van der Waals surface area contributed by atoms with Crippen LogP contribution in [0.3, 0.4) is 0 Å². The third kappa shape index (κ3) is 6.02. The topological polar surface area (TPSA) is 118 Å². The quantitative estimate of drug-likeness (QED) is 0.621. The van der Waals surface area contributed by atoms with E-state index in [-0.39, 0.29) is 42.3 Å². The number of anilines is 2. The Hall–Kier alpha value is -2.98. The highest BCUT2D eigenvalue weighted by Gasteiger charge is 2.28. The third-order valence-corrected chi connectivity index (χ3v) is 5.14. The van der Waals surface area contributed by atoms with Gasteiger partial charge < -0.3 is 15.4 Å². The number of piperidine rings is 1. The fraction of sp³-hybridized carbons (Fsp3) is 0.450. The number of pyridine rings is 1. The average molecular weight is 449 g/mol. The lowest BCUT2D eigenvalue weighted by molar-refractivity contribution is -0.123. The number of nitrogens with one attached hydrogen (secondary N) is 2. The minimum absolute atomic E-state index is 0.0937. The summed E-state index contributed by atoms with van der Waals surface area (Å²) in [5.41, 5.74) is 0.198. The first kappa shape index (κ1) is 22.7. The molecule has 2 aromatic heterocycles. The minimum Gasteiger partial charge on any atom is -0.462 e. The molecule has 0 aromatic carbocycles. The molecular weight excluding hydrogens is 424 g/mol. The van der Waals surface area contributed by atoms with Gasteiger partial charge in [-0.2, -0.15) is 5.10 Å². The van der Waals surface area contributed by atoms with Crippen LogP contribution < -0.4 is 10.6 Å². The number of amides is 2. The molecule has 1 aliphatic heterocycles. The molecule has 0 spiro atoms. The number of ether oxygens (including phenoxy) is 1. The van der Waals surface area contributed by atoms with Crippen LogP contribution in [-0.4, -0.2) is 63.7 Å². The van der Waals surface area contributed by atoms with Gasteiger partial charge in [-0.15, -0.1) is 0 Å². The molecule has 0 radical (unpaired) electrons. The summed E-state index contributed by atoms with van der Waals surface area (Å²) in [6.07, 6.45) is 4.35. The summed E-state index contributed by atoms with van der Waals surface area (Å²) < 4.78 is 6.41. The van der Waals surface area contributed by atoms with E-state index in [0.29, 0.717) is 23.9 Å². The summed E-state index contributed by atoms with van der Waals surface area (Å²) in [6, 6.07) is 3.30. The molecule has 1 saturated heterocycles. The predicted octanol–water partition coefficient (Wildman–Crippen LogP) is 1.93. The van der Waals surface area contributed by atoms with Crippen molar-refractivity contribution in [2.45, 2.75) is 19.8 Å². The van der Waals surface area contributed by atoms with Crippen LogP contribution in [0.4, 0.5) is 11.6 Å². The lowest BCUT2D eigenvalue weighted by atomic mass is 9.97. The zero-order valence-electron chi connectivity index (χ0n) is 17.4. The van der Waals surface area contributed by atoms with Gasteiger partial charge in [0.05, 0.1) is 30.3 Å². The van der Waals surface area contributed by atoms with Gasteiger partial charge in [-0.25, -0.2) is 9.78 Å². The molecule has 2 N–H and O–H groups in total. The van der Waals surface area contributed by atoms with Crippen LogP contribution in [0, 0.1) is 5.92 Å². The van der Waals surface area contributed by atoms with Crippen molar-refractivity contribution < 1.29 is 19.1 Å². The van der Waals surface area contributed by atoms with E-state index >= 15 is 0 Å². The average Bonchev–Trinajstić information content (AvgIpc) is 3.10. The van der Waals surface area contributed by atoms with Crippen LogP contribution in [0.1, 0.15) is 30.1 Å². The van der Waals surface area contributed by atoms with Gasteiger partial charge in [0.1, 0.15) is 17.2 Å². The lowest BCUT2D eigenvalue weighted by Gasteiger charge is -2.31. The number of carbonyl (C=O) groups is 3. The van der Waals surface area contributed by atoms with Crippen LogP contribution in [0.15, 0.2) is 24.5 Å². The standard InChI is InChI=1S/C20H25ClN6O4/c1-3-31-20(30)15-10-23-26(2)18(15)25-17(28)12-27-8-4-5-13(11-27)19(29)24-16-7-6-14(21)9-22-16/h6-7,9-10,13H,3-5,8,11-12H2,1-2H3,(H,25,28)(H,22,24,29). The molecule has 2 amide bonds. The molecule has 1 fully saturated rings. The summed E-state index contributed by atoms with van der Waals surface area (Å²) in [7, 11) is 1.63. The summed E-state index contributed by atoms with van der Waals surface area (Å²) in [4.78, 5) is 43.2. The van der Waals surface area contributed by atoms with Crippen molar-refractivity contribution in [3.63, 3.8) is 0 Å². The maximum absolute atomic E-state index is 12.6. The smallest absolute Gasteiger partial charge is 0.343 e. The molecule has 1 unspecified atom stereocenters. The van der Waals surface area contributed by atoms with Crippen molar-refractivity contribution >= 4 is 41.0 Å². The molecule has 11 heteroatoms. The van der Waals surface area contributed by atoms with Gasteiger partial charge in [0.25, 0.3) is 0 Å². The SMILES string of the molecule is CCOC(=O)c1cnn(C)c1NC(=O)CN1CCCC(C(=O)Nc2ccc(Cl)cn2)C1. The predicted molar refractivity (Wildman–Crippen MR) is 115 cm³/mol. The van der Waals surface area contributed by atoms with Crippen molar-refractivity contribution in [1.82, 2.24) is 19.7 Å². The van der Waals surface area contributed by atoms with Crippen LogP contribution in [0.25, 0.3) is 0 Å². The van der Waals surface area contributed by atoms with E-state index < -0.39 is 5.97 Å². The summed E-state index contributed by atoms with van der Waals surface area (Å²) in [6.45, 7) is 3.17. The summed E-state index contributed by atoms with van der Waals surface area (Å²) in [5.74, 6) is -0.525. The van der Waals surface area contributed by atoms with Gasteiger partial charge in [0, 0.05) is 19.8 Å². The minimum atomic E-state index is -0.545. The van der Waals surface area contributed by atoms with Crippen LogP contribution in [0.2, 0.25) is 5.02 Å². The zero-order chi connectivity index (χ0) is 22.4. The summed E-state index contributed by atoms with van der Waals surface area (Å²) >= 11 is 5.82. The van der Waals surface area contributed by atoms with E-state index in [9.17, 15) is 14.4 Å². The molecule has 3 rings (SSSR count). The van der Waals surface area contributed by atoms with Crippen molar-refractivity contribution in [3.8, 4) is 0 Å². The van der Waals surface area contributed by atoms with Crippen molar-refractivity contribution in [2.75, 3.05) is 36.9 Å². The van der Waals surface area contributed by atoms with E-state index in [1.54, 1.807) is 26.1 Å². The van der Waals surface area contributed by atoms with Gasteiger partial charge in [0.15, 0.2) is 0 Å². The molecule has 10 nitrogen and oxygen atoms in total. The second-order valence-electron chi connectivity index (χ2n) is 7.22. The summed E-state index contributed by atoms with van der Waals surface area (Å²) in [5, 5.41) is 10.0. The van der Waals surface area contributed by atoms with E-state index in [0.717, 1.165) is 12.8 Å². The van der Waals surface area contributed by atoms with Crippen LogP contribution in [-0.2, 0) is 21.4 Å². The fourth-order valence-electron chi connectivity index (χ4n) is 3.41. The fourth-order valence-corrected chi connectivity index (χ4v) is 3.52. The highest BCUT2D eigenvalue weighted by Crippen LogP contribution is 2.20. The molecule has 1 atom stereocenters. The Labute approximate surface area is 184 Å². The molecule has 1 aliphatic rings. The number of likely N-dealkylation sites (tertiary alicyclic amines) is 1. The van der Waals surface area contributed by atoms with Gasteiger partial charge in [-0.1, -0.05) is 11.6 Å². The second kappa shape index (κ2) is 10.4. The monoisotopic (exact) mass is 448 g/mol. The lowest BCUT2D eigenvalue weighted by Crippen LogP contribution is -2.44. The number of esters is 1. The van der Waals surface area contributed by atoms with E-state index in [4.69, 9.17) is 16.3 Å². The number of rotatable bonds is 7. The van der Waals surface area contributed by atoms with E-state index in [1.165, 1.54) is 17.1 Å². The first-order valence-corrected chi connectivity index (χ1v) is 10.4. The van der Waals surface area contributed by atoms with Crippen LogP contribution in [0.5, 0.6) is 0 Å². The molecular formula is C20H25ClN6O4. The van der Waals surface area contributed by atoms with E-state index in [1.807, 2.05) is 4.90 Å². The molecule has 0 saturated carbocycles. The maximum atomic E-state index is 12.6. The van der Waals surface area contributed by atoms with E-state index in [2.05, 4.69) is 20.7 Å². The second-order valence-corrected chi connectivity index (χ2v) is 7.66. The number of aromatic nitrogens is 3. The Morgan fingerprint density at radius 2 is 2.06 bits per heavy atom. The maximum Gasteiger partial charge on any atom is 0.343 e. The van der Waals surface area contributed by atoms with Crippen molar-refractivity contribution in [1.29, 1.82) is 0 Å². The van der Waals surface area contributed by atoms with Crippen LogP contribution >= 0.6 is 11.6 Å². The molecule has 0 aliphatic carbocycles. The normalized spacial score (nSPS) is 16.5. The number of nitrogens with zero attached hydrogens (tertiary/aromatic N) is 4. The molecule has 166 valence electrons. The number of halogens is 1. The third-order valence-electron chi connectivity index (χ3n) is 4.91. The number of carbonyl (C=O) groups excluding carboxylic acids is 3. The Morgan fingerprint density at radius 1 is 1.26 bits per heavy atom. The highest BCUT2D eigenvalue weighted by atomic mass is 35.5. The Morgan fingerprint density at radius 3 is 2.77 bits per heavy atom. The highest BCUT2D eigenvalue weighted by molar-refractivity contribution is 6.30. The zero-order valence-corrected chi connectivity index (χ0v) is 18.2. The largest absolute Gasteiger partial charge is 0.462 e. The number of aryl methyl sites for hydroxylation is 1. The number of hydrogen-bond acceptors (Lipinski definition) is 7.